The molecule has 0 bridgehead atoms. The van der Waals surface area contributed by atoms with Crippen LogP contribution >= 0.6 is 0 Å². The number of nitrogens with zero attached hydrogens (tertiary/aromatic N) is 1. The van der Waals surface area contributed by atoms with Gasteiger partial charge in [-0.25, -0.2) is 0 Å². The Hall–Kier alpha value is -1.39. The smallest absolute Gasteiger partial charge is 0.225 e. The second kappa shape index (κ2) is 7.41. The molecule has 0 aromatic heterocycles. The number of anilines is 1. The van der Waals surface area contributed by atoms with Crippen molar-refractivity contribution in [2.24, 2.45) is 11.7 Å². The highest BCUT2D eigenvalue weighted by molar-refractivity contribution is 5.90. The molecule has 4 heteroatoms. The molecule has 1 aromatic carbocycles. The van der Waals surface area contributed by atoms with Crippen LogP contribution in [0.15, 0.2) is 30.3 Å². The minimum atomic E-state index is 0.0884. The molecule has 1 aromatic rings. The number of rotatable bonds is 5. The minimum Gasteiger partial charge on any atom is -0.328 e. The molecule has 1 aliphatic rings. The predicted octanol–water partition coefficient (Wildman–Crippen LogP) is 2.07. The van der Waals surface area contributed by atoms with Crippen LogP contribution in [0.2, 0.25) is 0 Å². The molecule has 0 saturated carbocycles. The fourth-order valence-electron chi connectivity index (χ4n) is 2.71. The lowest BCUT2D eigenvalue weighted by Gasteiger charge is -2.33. The Morgan fingerprint density at radius 3 is 2.60 bits per heavy atom. The molecule has 0 aliphatic carbocycles. The third kappa shape index (κ3) is 4.62. The van der Waals surface area contributed by atoms with Crippen LogP contribution in [-0.2, 0) is 4.79 Å². The molecule has 1 aliphatic heterocycles. The van der Waals surface area contributed by atoms with Crippen molar-refractivity contribution in [2.75, 3.05) is 25.0 Å². The van der Waals surface area contributed by atoms with E-state index in [9.17, 15) is 4.79 Å². The van der Waals surface area contributed by atoms with Crippen molar-refractivity contribution in [3.8, 4) is 0 Å². The number of nitrogens with one attached hydrogen (secondary N) is 1. The molecular weight excluding hydrogens is 250 g/mol. The van der Waals surface area contributed by atoms with Crippen molar-refractivity contribution in [3.05, 3.63) is 30.3 Å². The van der Waals surface area contributed by atoms with E-state index < -0.39 is 0 Å². The van der Waals surface area contributed by atoms with E-state index in [1.54, 1.807) is 0 Å². The number of likely N-dealkylation sites (tertiary alicyclic amines) is 1. The zero-order valence-corrected chi connectivity index (χ0v) is 12.2. The van der Waals surface area contributed by atoms with Crippen LogP contribution in [-0.4, -0.2) is 36.5 Å². The van der Waals surface area contributed by atoms with Crippen molar-refractivity contribution in [1.29, 1.82) is 0 Å². The Kier molecular flexibility index (Phi) is 5.56. The lowest BCUT2D eigenvalue weighted by molar-refractivity contribution is -0.116. The Labute approximate surface area is 121 Å². The Balaban J connectivity index is 1.67. The number of amides is 1. The second-order valence-corrected chi connectivity index (χ2v) is 5.70. The van der Waals surface area contributed by atoms with Gasteiger partial charge in [-0.05, 0) is 50.9 Å². The van der Waals surface area contributed by atoms with Gasteiger partial charge in [-0.3, -0.25) is 4.79 Å². The number of hydrogen-bond acceptors (Lipinski definition) is 3. The van der Waals surface area contributed by atoms with Crippen molar-refractivity contribution in [3.63, 3.8) is 0 Å². The average Bonchev–Trinajstić information content (AvgIpc) is 2.46. The highest BCUT2D eigenvalue weighted by Crippen LogP contribution is 2.19. The summed E-state index contributed by atoms with van der Waals surface area (Å²) >= 11 is 0. The molecule has 1 unspecified atom stereocenters. The molecule has 1 saturated heterocycles. The fraction of sp³-hybridized carbons (Fsp3) is 0.562. The number of nitrogens with two attached hydrogens (primary N) is 1. The van der Waals surface area contributed by atoms with E-state index in [1.165, 1.54) is 0 Å². The molecule has 2 rings (SSSR count). The zero-order chi connectivity index (χ0) is 14.4. The molecule has 110 valence electrons. The summed E-state index contributed by atoms with van der Waals surface area (Å²) in [5.74, 6) is 0.731. The van der Waals surface area contributed by atoms with Gasteiger partial charge in [0, 0.05) is 24.7 Å². The monoisotopic (exact) mass is 275 g/mol. The molecular formula is C16H25N3O. The van der Waals surface area contributed by atoms with Gasteiger partial charge >= 0.3 is 0 Å². The van der Waals surface area contributed by atoms with Crippen LogP contribution in [0.1, 0.15) is 26.2 Å². The molecule has 1 heterocycles. The number of piperidine rings is 1. The Morgan fingerprint density at radius 1 is 1.35 bits per heavy atom. The number of para-hydroxylation sites is 1. The number of hydrogen-bond donors (Lipinski definition) is 2. The van der Waals surface area contributed by atoms with Gasteiger partial charge in [0.2, 0.25) is 5.91 Å². The molecule has 0 spiro atoms. The van der Waals surface area contributed by atoms with Crippen molar-refractivity contribution in [2.45, 2.75) is 32.2 Å². The summed E-state index contributed by atoms with van der Waals surface area (Å²) in [6.45, 7) is 5.05. The van der Waals surface area contributed by atoms with Crippen LogP contribution in [0.4, 0.5) is 5.69 Å². The van der Waals surface area contributed by atoms with E-state index in [0.29, 0.717) is 18.4 Å². The van der Waals surface area contributed by atoms with Gasteiger partial charge in [-0.1, -0.05) is 18.2 Å². The molecule has 20 heavy (non-hydrogen) atoms. The van der Waals surface area contributed by atoms with Gasteiger partial charge in [0.25, 0.3) is 0 Å². The van der Waals surface area contributed by atoms with Crippen LogP contribution < -0.4 is 11.1 Å². The predicted molar refractivity (Wildman–Crippen MR) is 82.5 cm³/mol. The SMILES string of the molecule is CC(N)C1CCN(CCC(=O)Nc2ccccc2)CC1. The zero-order valence-electron chi connectivity index (χ0n) is 12.2. The van der Waals surface area contributed by atoms with Crippen molar-refractivity contribution in [1.82, 2.24) is 4.90 Å². The maximum Gasteiger partial charge on any atom is 0.225 e. The lowest BCUT2D eigenvalue weighted by atomic mass is 9.91. The van der Waals surface area contributed by atoms with Crippen LogP contribution in [0.25, 0.3) is 0 Å². The van der Waals surface area contributed by atoms with Gasteiger partial charge in [0.15, 0.2) is 0 Å². The first kappa shape index (κ1) is 15.0. The summed E-state index contributed by atoms with van der Waals surface area (Å²) in [5.41, 5.74) is 6.81. The third-order valence-corrected chi connectivity index (χ3v) is 4.09. The largest absolute Gasteiger partial charge is 0.328 e. The van der Waals surface area contributed by atoms with Crippen molar-refractivity contribution < 1.29 is 4.79 Å². The van der Waals surface area contributed by atoms with E-state index in [4.69, 9.17) is 5.73 Å². The summed E-state index contributed by atoms with van der Waals surface area (Å²) in [7, 11) is 0. The highest BCUT2D eigenvalue weighted by atomic mass is 16.1. The summed E-state index contributed by atoms with van der Waals surface area (Å²) in [4.78, 5) is 14.2. The molecule has 1 atom stereocenters. The first-order valence-electron chi connectivity index (χ1n) is 7.48. The first-order chi connectivity index (χ1) is 9.65. The van der Waals surface area contributed by atoms with Gasteiger partial charge in [0.05, 0.1) is 0 Å². The number of benzene rings is 1. The first-order valence-corrected chi connectivity index (χ1v) is 7.48. The van der Waals surface area contributed by atoms with Crippen LogP contribution in [0, 0.1) is 5.92 Å². The van der Waals surface area contributed by atoms with Gasteiger partial charge in [0.1, 0.15) is 0 Å². The highest BCUT2D eigenvalue weighted by Gasteiger charge is 2.21. The minimum absolute atomic E-state index is 0.0884. The Bertz CT molecular complexity index is 411. The summed E-state index contributed by atoms with van der Waals surface area (Å²) in [5, 5.41) is 2.92. The van der Waals surface area contributed by atoms with Gasteiger partial charge < -0.3 is 16.0 Å². The van der Waals surface area contributed by atoms with E-state index >= 15 is 0 Å². The Morgan fingerprint density at radius 2 is 2.00 bits per heavy atom. The normalized spacial score (nSPS) is 18.7. The molecule has 1 fully saturated rings. The second-order valence-electron chi connectivity index (χ2n) is 5.70. The third-order valence-electron chi connectivity index (χ3n) is 4.09. The average molecular weight is 275 g/mol. The quantitative estimate of drug-likeness (QED) is 0.865. The molecule has 3 N–H and O–H groups in total. The fourth-order valence-corrected chi connectivity index (χ4v) is 2.71. The van der Waals surface area contributed by atoms with Gasteiger partial charge in [-0.15, -0.1) is 0 Å². The lowest BCUT2D eigenvalue weighted by Crippen LogP contribution is -2.40. The molecule has 4 nitrogen and oxygen atoms in total. The molecule has 1 amide bonds. The number of carbonyl (C=O) groups excluding carboxylic acids is 1. The standard InChI is InChI=1S/C16H25N3O/c1-13(17)14-7-10-19(11-8-14)12-9-16(20)18-15-5-3-2-4-6-15/h2-6,13-14H,7-12,17H2,1H3,(H,18,20). The molecule has 0 radical (unpaired) electrons. The summed E-state index contributed by atoms with van der Waals surface area (Å²) in [6, 6.07) is 9.90. The maximum atomic E-state index is 11.9. The van der Waals surface area contributed by atoms with E-state index in [2.05, 4.69) is 17.1 Å². The maximum absolute atomic E-state index is 11.9. The summed E-state index contributed by atoms with van der Waals surface area (Å²) < 4.78 is 0. The summed E-state index contributed by atoms with van der Waals surface area (Å²) in [6.07, 6.45) is 2.85. The van der Waals surface area contributed by atoms with E-state index in [0.717, 1.165) is 38.2 Å². The topological polar surface area (TPSA) is 58.4 Å². The van der Waals surface area contributed by atoms with E-state index in [-0.39, 0.29) is 5.91 Å². The van der Waals surface area contributed by atoms with E-state index in [1.807, 2.05) is 30.3 Å². The van der Waals surface area contributed by atoms with Crippen LogP contribution in [0.3, 0.4) is 0 Å². The van der Waals surface area contributed by atoms with Gasteiger partial charge in [-0.2, -0.15) is 0 Å². The van der Waals surface area contributed by atoms with Crippen molar-refractivity contribution >= 4 is 11.6 Å². The number of carbonyl (C=O) groups is 1. The van der Waals surface area contributed by atoms with Crippen LogP contribution in [0.5, 0.6) is 0 Å².